The number of hydrogen-bond acceptors (Lipinski definition) is 7. The number of fused-ring (bicyclic) bond motifs is 1. The molecule has 2 heterocycles. The monoisotopic (exact) mass is 484 g/mol. The van der Waals surface area contributed by atoms with Crippen molar-refractivity contribution in [2.45, 2.75) is 19.4 Å². The van der Waals surface area contributed by atoms with Crippen LogP contribution < -0.4 is 20.7 Å². The van der Waals surface area contributed by atoms with Crippen LogP contribution in [0, 0.1) is 0 Å². The molecule has 5 aromatic rings. The molecule has 36 heavy (non-hydrogen) atoms. The maximum absolute atomic E-state index is 13.0. The fourth-order valence-corrected chi connectivity index (χ4v) is 4.07. The van der Waals surface area contributed by atoms with E-state index in [0.29, 0.717) is 52.3 Å². The highest BCUT2D eigenvalue weighted by Crippen LogP contribution is 2.30. The van der Waals surface area contributed by atoms with Crippen molar-refractivity contribution in [2.75, 3.05) is 14.2 Å². The van der Waals surface area contributed by atoms with Gasteiger partial charge in [-0.25, -0.2) is 4.79 Å². The molecule has 0 amide bonds. The molecule has 3 aromatic carbocycles. The van der Waals surface area contributed by atoms with E-state index in [9.17, 15) is 9.59 Å². The lowest BCUT2D eigenvalue weighted by Crippen LogP contribution is -2.35. The van der Waals surface area contributed by atoms with Gasteiger partial charge in [-0.1, -0.05) is 35.5 Å². The van der Waals surface area contributed by atoms with Crippen molar-refractivity contribution < 1.29 is 14.0 Å². The zero-order valence-electron chi connectivity index (χ0n) is 19.9. The number of hydrogen-bond donors (Lipinski definition) is 1. The molecule has 0 radical (unpaired) electrons. The van der Waals surface area contributed by atoms with E-state index in [1.54, 1.807) is 50.6 Å². The van der Waals surface area contributed by atoms with Gasteiger partial charge in [0.05, 0.1) is 25.1 Å². The third-order valence-electron chi connectivity index (χ3n) is 5.95. The van der Waals surface area contributed by atoms with Gasteiger partial charge >= 0.3 is 5.69 Å². The third-order valence-corrected chi connectivity index (χ3v) is 5.95. The Bertz CT molecular complexity index is 1610. The average Bonchev–Trinajstić information content (AvgIpc) is 3.41. The summed E-state index contributed by atoms with van der Waals surface area (Å²) in [7, 11) is 3.13. The minimum absolute atomic E-state index is 0.251. The largest absolute Gasteiger partial charge is 0.497 e. The number of benzene rings is 3. The van der Waals surface area contributed by atoms with Crippen LogP contribution in [0.1, 0.15) is 12.0 Å². The van der Waals surface area contributed by atoms with Crippen LogP contribution in [0.5, 0.6) is 11.5 Å². The van der Waals surface area contributed by atoms with E-state index >= 15 is 0 Å². The number of rotatable bonds is 8. The van der Waals surface area contributed by atoms with Gasteiger partial charge in [-0.15, -0.1) is 0 Å². The van der Waals surface area contributed by atoms with Crippen LogP contribution >= 0.6 is 0 Å². The van der Waals surface area contributed by atoms with E-state index in [2.05, 4.69) is 15.1 Å². The molecular weight excluding hydrogens is 460 g/mol. The van der Waals surface area contributed by atoms with Crippen LogP contribution in [0.15, 0.2) is 80.8 Å². The van der Waals surface area contributed by atoms with Gasteiger partial charge < -0.3 is 19.0 Å². The minimum Gasteiger partial charge on any atom is -0.497 e. The Kier molecular flexibility index (Phi) is 6.36. The fraction of sp³-hybridized carbons (Fsp3) is 0.185. The predicted octanol–water partition coefficient (Wildman–Crippen LogP) is 4.06. The van der Waals surface area contributed by atoms with E-state index in [0.717, 1.165) is 6.42 Å². The first kappa shape index (κ1) is 23.1. The molecule has 5 rings (SSSR count). The Labute approximate surface area is 205 Å². The molecule has 0 saturated carbocycles. The molecule has 2 aromatic heterocycles. The zero-order chi connectivity index (χ0) is 25.1. The summed E-state index contributed by atoms with van der Waals surface area (Å²) < 4.78 is 17.3. The Hall–Kier alpha value is -4.66. The van der Waals surface area contributed by atoms with Crippen LogP contribution in [0.3, 0.4) is 0 Å². The molecule has 0 atom stereocenters. The normalized spacial score (nSPS) is 11.1. The average molecular weight is 485 g/mol. The number of ether oxygens (including phenoxy) is 2. The van der Waals surface area contributed by atoms with Gasteiger partial charge in [-0.2, -0.15) is 4.98 Å². The Morgan fingerprint density at radius 2 is 1.67 bits per heavy atom. The van der Waals surface area contributed by atoms with Gasteiger partial charge in [0.25, 0.3) is 11.4 Å². The van der Waals surface area contributed by atoms with Crippen molar-refractivity contribution in [3.8, 4) is 34.3 Å². The molecule has 0 unspecified atom stereocenters. The number of nitrogens with zero attached hydrogens (tertiary/aromatic N) is 3. The van der Waals surface area contributed by atoms with E-state index in [1.807, 2.05) is 30.3 Å². The lowest BCUT2D eigenvalue weighted by molar-refractivity contribution is 0.394. The maximum Gasteiger partial charge on any atom is 0.328 e. The molecule has 0 aliphatic heterocycles. The Morgan fingerprint density at radius 3 is 2.39 bits per heavy atom. The van der Waals surface area contributed by atoms with Crippen LogP contribution in [0.4, 0.5) is 0 Å². The molecule has 0 fully saturated rings. The third kappa shape index (κ3) is 4.63. The lowest BCUT2D eigenvalue weighted by Gasteiger charge is -2.07. The van der Waals surface area contributed by atoms with Crippen molar-refractivity contribution in [2.24, 2.45) is 0 Å². The van der Waals surface area contributed by atoms with E-state index in [-0.39, 0.29) is 11.4 Å². The van der Waals surface area contributed by atoms with Gasteiger partial charge in [-0.3, -0.25) is 9.36 Å². The molecule has 0 saturated heterocycles. The van der Waals surface area contributed by atoms with Crippen molar-refractivity contribution >= 4 is 10.9 Å². The number of H-pyrrole nitrogens is 1. The maximum atomic E-state index is 13.0. The standard InChI is InChI=1S/C27H24N4O5/c1-34-20-13-19(14-21(16-20)35-2)24-29-25(36-30-24)18-10-11-22-23(15-18)28-27(33)31(26(22)32)12-6-9-17-7-4-3-5-8-17/h3-5,7-8,10-11,13-16H,6,9,12H2,1-2H3,(H,28,33). The molecule has 0 aliphatic rings. The van der Waals surface area contributed by atoms with Gasteiger partial charge in [0.1, 0.15) is 11.5 Å². The second-order valence-electron chi connectivity index (χ2n) is 8.26. The summed E-state index contributed by atoms with van der Waals surface area (Å²) in [6.07, 6.45) is 1.46. The van der Waals surface area contributed by atoms with Crippen LogP contribution in [0.25, 0.3) is 33.7 Å². The predicted molar refractivity (Wildman–Crippen MR) is 135 cm³/mol. The molecular formula is C27H24N4O5. The molecule has 1 N–H and O–H groups in total. The molecule has 9 nitrogen and oxygen atoms in total. The Morgan fingerprint density at radius 1 is 0.917 bits per heavy atom. The number of aromatic amines is 1. The highest BCUT2D eigenvalue weighted by Gasteiger charge is 2.15. The first-order chi connectivity index (χ1) is 17.6. The lowest BCUT2D eigenvalue weighted by atomic mass is 10.1. The summed E-state index contributed by atoms with van der Waals surface area (Å²) >= 11 is 0. The van der Waals surface area contributed by atoms with E-state index in [4.69, 9.17) is 14.0 Å². The van der Waals surface area contributed by atoms with Gasteiger partial charge in [0, 0.05) is 23.7 Å². The SMILES string of the molecule is COc1cc(OC)cc(-c2noc(-c3ccc4c(=O)n(CCCc5ccccc5)c(=O)[nH]c4c3)n2)c1. The number of aromatic nitrogens is 4. The number of aryl methyl sites for hydroxylation is 1. The van der Waals surface area contributed by atoms with Gasteiger partial charge in [0.2, 0.25) is 5.82 Å². The van der Waals surface area contributed by atoms with Gasteiger partial charge in [0.15, 0.2) is 0 Å². The van der Waals surface area contributed by atoms with E-state index in [1.165, 1.54) is 10.1 Å². The molecule has 9 heteroatoms. The number of nitrogens with one attached hydrogen (secondary N) is 1. The summed E-state index contributed by atoms with van der Waals surface area (Å²) in [6, 6.07) is 20.3. The summed E-state index contributed by atoms with van der Waals surface area (Å²) in [5.74, 6) is 1.80. The summed E-state index contributed by atoms with van der Waals surface area (Å²) in [6.45, 7) is 0.331. The second kappa shape index (κ2) is 9.91. The van der Waals surface area contributed by atoms with Crippen molar-refractivity contribution in [3.05, 3.63) is 93.1 Å². The van der Waals surface area contributed by atoms with Gasteiger partial charge in [-0.05, 0) is 48.7 Å². The van der Waals surface area contributed by atoms with Crippen LogP contribution in [0.2, 0.25) is 0 Å². The highest BCUT2D eigenvalue weighted by molar-refractivity contribution is 5.82. The molecule has 0 bridgehead atoms. The molecule has 0 aliphatic carbocycles. The minimum atomic E-state index is -0.451. The highest BCUT2D eigenvalue weighted by atomic mass is 16.5. The molecule has 182 valence electrons. The van der Waals surface area contributed by atoms with E-state index < -0.39 is 5.69 Å². The summed E-state index contributed by atoms with van der Waals surface area (Å²) in [5.41, 5.74) is 2.03. The fourth-order valence-electron chi connectivity index (χ4n) is 4.07. The summed E-state index contributed by atoms with van der Waals surface area (Å²) in [4.78, 5) is 33.0. The summed E-state index contributed by atoms with van der Waals surface area (Å²) in [5, 5.41) is 4.48. The number of methoxy groups -OCH3 is 2. The molecule has 0 spiro atoms. The van der Waals surface area contributed by atoms with Crippen molar-refractivity contribution in [3.63, 3.8) is 0 Å². The quantitative estimate of drug-likeness (QED) is 0.353. The van der Waals surface area contributed by atoms with Crippen LogP contribution in [-0.2, 0) is 13.0 Å². The first-order valence-corrected chi connectivity index (χ1v) is 11.4. The second-order valence-corrected chi connectivity index (χ2v) is 8.26. The smallest absolute Gasteiger partial charge is 0.328 e. The van der Waals surface area contributed by atoms with Crippen molar-refractivity contribution in [1.29, 1.82) is 0 Å². The topological polar surface area (TPSA) is 112 Å². The first-order valence-electron chi connectivity index (χ1n) is 11.4. The Balaban J connectivity index is 1.41. The zero-order valence-corrected chi connectivity index (χ0v) is 19.9. The van der Waals surface area contributed by atoms with Crippen LogP contribution in [-0.4, -0.2) is 33.9 Å². The van der Waals surface area contributed by atoms with Crippen molar-refractivity contribution in [1.82, 2.24) is 19.7 Å².